The van der Waals surface area contributed by atoms with Gasteiger partial charge in [-0.2, -0.15) is 0 Å². The van der Waals surface area contributed by atoms with Crippen LogP contribution in [0.3, 0.4) is 0 Å². The summed E-state index contributed by atoms with van der Waals surface area (Å²) in [6.07, 6.45) is 0. The molecule has 0 amide bonds. The molecule has 0 fully saturated rings. The van der Waals surface area contributed by atoms with Gasteiger partial charge < -0.3 is 0 Å². The number of halogens is 2. The standard InChI is InChI=1S/C7H4BrFN2S/c1-3-2-4(9)5(8)6-7(3)12-11-10-6/h2H,1H3. The third kappa shape index (κ3) is 1.04. The molecule has 0 aliphatic heterocycles. The predicted molar refractivity (Wildman–Crippen MR) is 49.8 cm³/mol. The Hall–Kier alpha value is -0.550. The molecular formula is C7H4BrFN2S. The van der Waals surface area contributed by atoms with Gasteiger partial charge in [0.2, 0.25) is 0 Å². The van der Waals surface area contributed by atoms with Gasteiger partial charge in [0.15, 0.2) is 0 Å². The molecule has 0 saturated carbocycles. The number of nitrogens with zero attached hydrogens (tertiary/aromatic N) is 2. The molecule has 0 bridgehead atoms. The smallest absolute Gasteiger partial charge is 0.140 e. The van der Waals surface area contributed by atoms with Crippen LogP contribution in [0, 0.1) is 12.7 Å². The summed E-state index contributed by atoms with van der Waals surface area (Å²) in [5, 5.41) is 3.82. The first-order valence-electron chi connectivity index (χ1n) is 3.27. The normalized spacial score (nSPS) is 10.9. The number of hydrogen-bond donors (Lipinski definition) is 0. The molecule has 0 unspecified atom stereocenters. The SMILES string of the molecule is Cc1cc(F)c(Br)c2nnsc12. The first-order valence-corrected chi connectivity index (χ1v) is 4.83. The lowest BCUT2D eigenvalue weighted by atomic mass is 10.2. The second-order valence-corrected chi connectivity index (χ2v) is 3.99. The highest BCUT2D eigenvalue weighted by Gasteiger charge is 2.10. The van der Waals surface area contributed by atoms with E-state index in [4.69, 9.17) is 0 Å². The summed E-state index contributed by atoms with van der Waals surface area (Å²) in [7, 11) is 0. The van der Waals surface area contributed by atoms with Crippen molar-refractivity contribution in [3.8, 4) is 0 Å². The fourth-order valence-electron chi connectivity index (χ4n) is 1.03. The van der Waals surface area contributed by atoms with Gasteiger partial charge in [-0.3, -0.25) is 0 Å². The third-order valence-electron chi connectivity index (χ3n) is 1.61. The summed E-state index contributed by atoms with van der Waals surface area (Å²) in [6.45, 7) is 1.84. The van der Waals surface area contributed by atoms with Crippen LogP contribution in [0.15, 0.2) is 10.5 Å². The molecule has 0 aliphatic rings. The van der Waals surface area contributed by atoms with Crippen molar-refractivity contribution in [2.24, 2.45) is 0 Å². The molecule has 1 heterocycles. The maximum atomic E-state index is 13.1. The van der Waals surface area contributed by atoms with Crippen LogP contribution in [-0.4, -0.2) is 9.59 Å². The Labute approximate surface area is 80.7 Å². The second-order valence-electron chi connectivity index (χ2n) is 2.44. The van der Waals surface area contributed by atoms with Gasteiger partial charge in [-0.1, -0.05) is 4.49 Å². The van der Waals surface area contributed by atoms with E-state index >= 15 is 0 Å². The monoisotopic (exact) mass is 246 g/mol. The number of rotatable bonds is 0. The Morgan fingerprint density at radius 3 is 3.08 bits per heavy atom. The zero-order valence-electron chi connectivity index (χ0n) is 6.14. The van der Waals surface area contributed by atoms with Gasteiger partial charge in [0, 0.05) is 0 Å². The van der Waals surface area contributed by atoms with Gasteiger partial charge >= 0.3 is 0 Å². The summed E-state index contributed by atoms with van der Waals surface area (Å²) in [6, 6.07) is 1.48. The molecule has 0 atom stereocenters. The topological polar surface area (TPSA) is 25.8 Å². The molecule has 0 radical (unpaired) electrons. The van der Waals surface area contributed by atoms with Crippen molar-refractivity contribution < 1.29 is 4.39 Å². The van der Waals surface area contributed by atoms with Crippen LogP contribution < -0.4 is 0 Å². The molecule has 5 heteroatoms. The second kappa shape index (κ2) is 2.74. The molecule has 2 nitrogen and oxygen atoms in total. The summed E-state index contributed by atoms with van der Waals surface area (Å²) in [5.74, 6) is -0.285. The fourth-order valence-corrected chi connectivity index (χ4v) is 2.18. The average molecular weight is 247 g/mol. The molecule has 2 aromatic rings. The van der Waals surface area contributed by atoms with Crippen LogP contribution in [0.25, 0.3) is 10.2 Å². The van der Waals surface area contributed by atoms with Crippen molar-refractivity contribution in [1.29, 1.82) is 0 Å². The number of fused-ring (bicyclic) bond motifs is 1. The highest BCUT2D eigenvalue weighted by molar-refractivity contribution is 9.10. The Morgan fingerprint density at radius 1 is 1.58 bits per heavy atom. The molecular weight excluding hydrogens is 243 g/mol. The molecule has 2 rings (SSSR count). The van der Waals surface area contributed by atoms with Crippen molar-refractivity contribution in [3.05, 3.63) is 21.9 Å². The van der Waals surface area contributed by atoms with Crippen molar-refractivity contribution in [1.82, 2.24) is 9.59 Å². The van der Waals surface area contributed by atoms with Crippen LogP contribution in [0.2, 0.25) is 0 Å². The van der Waals surface area contributed by atoms with Crippen LogP contribution in [0.4, 0.5) is 4.39 Å². The summed E-state index contributed by atoms with van der Waals surface area (Å²) >= 11 is 4.40. The lowest BCUT2D eigenvalue weighted by Crippen LogP contribution is -1.82. The summed E-state index contributed by atoms with van der Waals surface area (Å²) < 4.78 is 18.2. The van der Waals surface area contributed by atoms with E-state index in [1.165, 1.54) is 17.6 Å². The van der Waals surface area contributed by atoms with E-state index in [1.54, 1.807) is 0 Å². The Morgan fingerprint density at radius 2 is 2.33 bits per heavy atom. The Balaban J connectivity index is 2.97. The molecule has 1 aromatic carbocycles. The van der Waals surface area contributed by atoms with Crippen LogP contribution in [0.5, 0.6) is 0 Å². The lowest BCUT2D eigenvalue weighted by Gasteiger charge is -1.97. The van der Waals surface area contributed by atoms with E-state index < -0.39 is 0 Å². The van der Waals surface area contributed by atoms with E-state index in [-0.39, 0.29) is 5.82 Å². The predicted octanol–water partition coefficient (Wildman–Crippen LogP) is 2.90. The van der Waals surface area contributed by atoms with Gasteiger partial charge in [-0.15, -0.1) is 5.10 Å². The van der Waals surface area contributed by atoms with Crippen LogP contribution in [-0.2, 0) is 0 Å². The largest absolute Gasteiger partial charge is 0.206 e. The molecule has 0 N–H and O–H groups in total. The van der Waals surface area contributed by atoms with Crippen LogP contribution in [0.1, 0.15) is 5.56 Å². The Kier molecular flexibility index (Phi) is 1.84. The van der Waals surface area contributed by atoms with E-state index in [0.29, 0.717) is 9.99 Å². The minimum absolute atomic E-state index is 0.285. The van der Waals surface area contributed by atoms with Crippen molar-refractivity contribution in [2.75, 3.05) is 0 Å². The van der Waals surface area contributed by atoms with E-state index in [1.807, 2.05) is 6.92 Å². The summed E-state index contributed by atoms with van der Waals surface area (Å²) in [5.41, 5.74) is 1.48. The molecule has 0 spiro atoms. The number of hydrogen-bond acceptors (Lipinski definition) is 3. The quantitative estimate of drug-likeness (QED) is 0.715. The van der Waals surface area contributed by atoms with Crippen molar-refractivity contribution in [3.63, 3.8) is 0 Å². The van der Waals surface area contributed by atoms with Gasteiger partial charge in [0.25, 0.3) is 0 Å². The maximum absolute atomic E-state index is 13.1. The molecule has 0 aliphatic carbocycles. The fraction of sp³-hybridized carbons (Fsp3) is 0.143. The highest BCUT2D eigenvalue weighted by Crippen LogP contribution is 2.29. The zero-order valence-corrected chi connectivity index (χ0v) is 8.54. The van der Waals surface area contributed by atoms with E-state index in [0.717, 1.165) is 10.3 Å². The van der Waals surface area contributed by atoms with E-state index in [9.17, 15) is 4.39 Å². The molecule has 12 heavy (non-hydrogen) atoms. The number of aryl methyl sites for hydroxylation is 1. The number of aromatic nitrogens is 2. The van der Waals surface area contributed by atoms with Gasteiger partial charge in [-0.25, -0.2) is 4.39 Å². The molecule has 0 saturated heterocycles. The average Bonchev–Trinajstić information content (AvgIpc) is 2.48. The lowest BCUT2D eigenvalue weighted by molar-refractivity contribution is 0.622. The van der Waals surface area contributed by atoms with Gasteiger partial charge in [0.05, 0.1) is 9.17 Å². The Bertz CT molecular complexity index is 440. The van der Waals surface area contributed by atoms with Crippen LogP contribution >= 0.6 is 27.5 Å². The summed E-state index contributed by atoms with van der Waals surface area (Å²) in [4.78, 5) is 0. The zero-order chi connectivity index (χ0) is 8.72. The molecule has 1 aromatic heterocycles. The molecule has 62 valence electrons. The van der Waals surface area contributed by atoms with E-state index in [2.05, 4.69) is 25.5 Å². The van der Waals surface area contributed by atoms with Gasteiger partial charge in [0.1, 0.15) is 11.3 Å². The minimum atomic E-state index is -0.285. The first-order chi connectivity index (χ1) is 5.70. The first kappa shape index (κ1) is 8.07. The number of benzene rings is 1. The third-order valence-corrected chi connectivity index (χ3v) is 3.22. The van der Waals surface area contributed by atoms with Crippen molar-refractivity contribution in [2.45, 2.75) is 6.92 Å². The van der Waals surface area contributed by atoms with Gasteiger partial charge in [-0.05, 0) is 46.0 Å². The minimum Gasteiger partial charge on any atom is -0.206 e. The maximum Gasteiger partial charge on any atom is 0.140 e. The van der Waals surface area contributed by atoms with Crippen molar-refractivity contribution >= 4 is 37.7 Å². The highest BCUT2D eigenvalue weighted by atomic mass is 79.9.